The van der Waals surface area contributed by atoms with E-state index in [0.29, 0.717) is 0 Å². The summed E-state index contributed by atoms with van der Waals surface area (Å²) in [5, 5.41) is 0. The zero-order chi connectivity index (χ0) is 6.57. The summed E-state index contributed by atoms with van der Waals surface area (Å²) in [6, 6.07) is -1.72. The van der Waals surface area contributed by atoms with E-state index in [9.17, 15) is 9.59 Å². The molecule has 4 amide bonds. The summed E-state index contributed by atoms with van der Waals surface area (Å²) in [6.45, 7) is 0. The molecule has 0 aromatic carbocycles. The minimum Gasteiger partial charge on any atom is -0.350 e. The highest BCUT2D eigenvalue weighted by molar-refractivity contribution is 5.77. The topological polar surface area (TPSA) is 110 Å². The Morgan fingerprint density at radius 1 is 1.00 bits per heavy atom. The molecule has 0 radical (unpaired) electrons. The van der Waals surface area contributed by atoms with Crippen molar-refractivity contribution >= 4 is 12.1 Å². The number of hydrogen-bond acceptors (Lipinski definition) is 2. The van der Waals surface area contributed by atoms with E-state index >= 15 is 0 Å². The van der Waals surface area contributed by atoms with Gasteiger partial charge >= 0.3 is 12.1 Å². The summed E-state index contributed by atoms with van der Waals surface area (Å²) in [5.74, 6) is 0. The van der Waals surface area contributed by atoms with Gasteiger partial charge in [0, 0.05) is 0 Å². The quantitative estimate of drug-likeness (QED) is 0.173. The fourth-order valence-corrected chi connectivity index (χ4v) is 0.123. The van der Waals surface area contributed by atoms with E-state index in [4.69, 9.17) is 0 Å². The molecule has 0 saturated heterocycles. The highest BCUT2D eigenvalue weighted by atomic mass is 16.3. The van der Waals surface area contributed by atoms with E-state index in [1.54, 1.807) is 10.9 Å². The van der Waals surface area contributed by atoms with Crippen molar-refractivity contribution < 1.29 is 9.59 Å². The predicted molar refractivity (Wildman–Crippen MR) is 25.4 cm³/mol. The summed E-state index contributed by atoms with van der Waals surface area (Å²) in [5.41, 5.74) is 12.6. The number of carbonyl (C=O) groups is 2. The molecule has 0 aromatic rings. The molecule has 0 aliphatic heterocycles. The first kappa shape index (κ1) is 6.54. The lowest BCUT2D eigenvalue weighted by Gasteiger charge is -1.97. The Kier molecular flexibility index (Phi) is 2.18. The smallest absolute Gasteiger partial charge is 0.330 e. The number of amides is 4. The Morgan fingerprint density at radius 3 is 1.38 bits per heavy atom. The van der Waals surface area contributed by atoms with E-state index in [1.165, 1.54) is 0 Å². The number of rotatable bonds is 0. The van der Waals surface area contributed by atoms with E-state index in [-0.39, 0.29) is 0 Å². The molecule has 6 N–H and O–H groups in total. The maximum Gasteiger partial charge on any atom is 0.330 e. The normalized spacial score (nSPS) is 7.50. The van der Waals surface area contributed by atoms with Gasteiger partial charge in [0.1, 0.15) is 0 Å². The van der Waals surface area contributed by atoms with Crippen LogP contribution in [0.4, 0.5) is 9.59 Å². The Balaban J connectivity index is 3.18. The van der Waals surface area contributed by atoms with Crippen molar-refractivity contribution in [3.8, 4) is 0 Å². The minimum atomic E-state index is -0.858. The van der Waals surface area contributed by atoms with Crippen molar-refractivity contribution in [2.75, 3.05) is 0 Å². The van der Waals surface area contributed by atoms with Crippen LogP contribution in [0.25, 0.3) is 0 Å². The van der Waals surface area contributed by atoms with Gasteiger partial charge in [0.25, 0.3) is 0 Å². The number of hydrazine groups is 1. The van der Waals surface area contributed by atoms with Crippen LogP contribution >= 0.6 is 0 Å². The molecule has 0 atom stereocenters. The van der Waals surface area contributed by atoms with Gasteiger partial charge in [-0.3, -0.25) is 0 Å². The summed E-state index contributed by atoms with van der Waals surface area (Å²) in [4.78, 5) is 19.5. The van der Waals surface area contributed by atoms with E-state index in [2.05, 4.69) is 11.5 Å². The molecule has 0 aromatic heterocycles. The third-order valence-electron chi connectivity index (χ3n) is 0.309. The molecular weight excluding hydrogens is 116 g/mol. The number of primary amides is 2. The number of urea groups is 2. The molecule has 8 heavy (non-hydrogen) atoms. The third kappa shape index (κ3) is 4.54. The average Bonchev–Trinajstić information content (AvgIpc) is 1.61. The molecule has 6 heteroatoms. The van der Waals surface area contributed by atoms with Crippen LogP contribution in [-0.2, 0) is 0 Å². The van der Waals surface area contributed by atoms with E-state index in [1.807, 2.05) is 0 Å². The molecule has 0 rings (SSSR count). The van der Waals surface area contributed by atoms with Crippen LogP contribution in [0.15, 0.2) is 0 Å². The van der Waals surface area contributed by atoms with Crippen molar-refractivity contribution in [2.24, 2.45) is 11.5 Å². The molecule has 0 fully saturated rings. The standard InChI is InChI=1S/C2H6N4O2/c3-1(7)5-6-2(4)8/h(H3,3,5,7)(H3,4,6,8)/i1+1,2+1,3+1,4+1. The lowest BCUT2D eigenvalue weighted by Crippen LogP contribution is -2.46. The summed E-state index contributed by atoms with van der Waals surface area (Å²) in [6.07, 6.45) is 0. The summed E-state index contributed by atoms with van der Waals surface area (Å²) in [7, 11) is 0. The molecule has 0 aliphatic rings. The Morgan fingerprint density at radius 2 is 1.25 bits per heavy atom. The monoisotopic (exact) mass is 122 g/mol. The number of nitrogens with two attached hydrogens (primary N) is 2. The van der Waals surface area contributed by atoms with Crippen molar-refractivity contribution in [3.63, 3.8) is 0 Å². The second-order valence-electron chi connectivity index (χ2n) is 0.979. The van der Waals surface area contributed by atoms with Gasteiger partial charge in [0.2, 0.25) is 0 Å². The molecule has 46 valence electrons. The second-order valence-corrected chi connectivity index (χ2v) is 0.979. The average molecular weight is 122 g/mol. The van der Waals surface area contributed by atoms with Gasteiger partial charge in [-0.1, -0.05) is 0 Å². The molecule has 0 saturated carbocycles. The maximum atomic E-state index is 9.74. The fourth-order valence-electron chi connectivity index (χ4n) is 0.123. The van der Waals surface area contributed by atoms with Crippen LogP contribution < -0.4 is 22.3 Å². The van der Waals surface area contributed by atoms with Crippen molar-refractivity contribution in [1.82, 2.24) is 10.9 Å². The third-order valence-corrected chi connectivity index (χ3v) is 0.309. The Hall–Kier alpha value is -1.46. The molecule has 6 nitrogen and oxygen atoms in total. The zero-order valence-electron chi connectivity index (χ0n) is 3.97. The van der Waals surface area contributed by atoms with Crippen LogP contribution in [0.2, 0.25) is 0 Å². The predicted octanol–water partition coefficient (Wildman–Crippen LogP) is -1.76. The Bertz CT molecular complexity index is 96.6. The van der Waals surface area contributed by atoms with Crippen molar-refractivity contribution in [2.45, 2.75) is 0 Å². The molecule has 0 unspecified atom stereocenters. The van der Waals surface area contributed by atoms with Gasteiger partial charge < -0.3 is 11.5 Å². The van der Waals surface area contributed by atoms with Gasteiger partial charge in [-0.2, -0.15) is 0 Å². The van der Waals surface area contributed by atoms with Gasteiger partial charge in [-0.05, 0) is 0 Å². The lowest BCUT2D eigenvalue weighted by atomic mass is 11.8. The molecule has 0 spiro atoms. The first-order chi connectivity index (χ1) is 3.63. The second kappa shape index (κ2) is 2.67. The van der Waals surface area contributed by atoms with Crippen molar-refractivity contribution in [3.05, 3.63) is 0 Å². The first-order valence-electron chi connectivity index (χ1n) is 1.74. The number of nitrogens with one attached hydrogen (secondary N) is 2. The van der Waals surface area contributed by atoms with Crippen LogP contribution in [0.3, 0.4) is 0 Å². The largest absolute Gasteiger partial charge is 0.350 e. The number of carbonyl (C=O) groups excluding carboxylic acids is 2. The zero-order valence-corrected chi connectivity index (χ0v) is 3.97. The highest BCUT2D eigenvalue weighted by Crippen LogP contribution is 1.48. The lowest BCUT2D eigenvalue weighted by molar-refractivity contribution is 0.233. The highest BCUT2D eigenvalue weighted by Gasteiger charge is 1.89. The number of hydrogen-bond donors (Lipinski definition) is 4. The van der Waals surface area contributed by atoms with Gasteiger partial charge in [-0.25, -0.2) is 20.4 Å². The van der Waals surface area contributed by atoms with E-state index < -0.39 is 12.1 Å². The van der Waals surface area contributed by atoms with Crippen molar-refractivity contribution in [1.29, 1.82) is 0 Å². The molecule has 0 heterocycles. The van der Waals surface area contributed by atoms with Crippen LogP contribution in [0, 0.1) is 0 Å². The molecule has 0 bridgehead atoms. The Labute approximate surface area is 45.2 Å². The summed E-state index contributed by atoms with van der Waals surface area (Å²) >= 11 is 0. The van der Waals surface area contributed by atoms with Gasteiger partial charge in [-0.15, -0.1) is 0 Å². The maximum absolute atomic E-state index is 9.74. The van der Waals surface area contributed by atoms with Crippen LogP contribution in [-0.4, -0.2) is 12.1 Å². The van der Waals surface area contributed by atoms with Crippen LogP contribution in [0.1, 0.15) is 0 Å². The minimum absolute atomic E-state index is 0.858. The summed E-state index contributed by atoms with van der Waals surface area (Å²) < 4.78 is 0. The van der Waals surface area contributed by atoms with Gasteiger partial charge in [0.15, 0.2) is 0 Å². The SMILES string of the molecule is [15NH2][13C](=O)NN[13C]([15NH2])=O. The first-order valence-corrected chi connectivity index (χ1v) is 1.74. The fraction of sp³-hybridized carbons (Fsp3) is 0. The van der Waals surface area contributed by atoms with E-state index in [0.717, 1.165) is 0 Å². The van der Waals surface area contributed by atoms with Gasteiger partial charge in [0.05, 0.1) is 0 Å². The molecule has 0 aliphatic carbocycles. The van der Waals surface area contributed by atoms with Crippen LogP contribution in [0.5, 0.6) is 0 Å². The molecular formula is C2H6N4O2.